The van der Waals surface area contributed by atoms with Crippen LogP contribution in [0.3, 0.4) is 0 Å². The Bertz CT molecular complexity index is 693. The minimum Gasteiger partial charge on any atom is -0.494 e. The van der Waals surface area contributed by atoms with Crippen molar-refractivity contribution >= 4 is 26.7 Å². The fourth-order valence-corrected chi connectivity index (χ4v) is 3.03. The van der Waals surface area contributed by atoms with Gasteiger partial charge in [-0.1, -0.05) is 11.3 Å². The van der Waals surface area contributed by atoms with Crippen LogP contribution in [0.1, 0.15) is 13.3 Å². The topological polar surface area (TPSA) is 52.0 Å². The van der Waals surface area contributed by atoms with Crippen molar-refractivity contribution in [3.8, 4) is 5.75 Å². The molecule has 110 valence electrons. The summed E-state index contributed by atoms with van der Waals surface area (Å²) in [6, 6.07) is 7.96. The Labute approximate surface area is 127 Å². The van der Waals surface area contributed by atoms with E-state index in [-0.39, 0.29) is 0 Å². The van der Waals surface area contributed by atoms with Crippen LogP contribution in [0.2, 0.25) is 0 Å². The molecule has 0 saturated heterocycles. The second-order valence-corrected chi connectivity index (χ2v) is 5.66. The third-order valence-corrected chi connectivity index (χ3v) is 4.05. The largest absolute Gasteiger partial charge is 0.494 e. The van der Waals surface area contributed by atoms with Crippen molar-refractivity contribution in [3.63, 3.8) is 0 Å². The van der Waals surface area contributed by atoms with E-state index in [1.807, 2.05) is 42.1 Å². The molecule has 0 saturated carbocycles. The van der Waals surface area contributed by atoms with Crippen LogP contribution < -0.4 is 10.1 Å². The molecule has 0 fully saturated rings. The molecule has 0 bridgehead atoms. The first-order valence-electron chi connectivity index (χ1n) is 7.10. The average Bonchev–Trinajstić information content (AvgIpc) is 3.12. The van der Waals surface area contributed by atoms with Crippen LogP contribution in [0.15, 0.2) is 36.7 Å². The first kappa shape index (κ1) is 13.9. The maximum Gasteiger partial charge on any atom is 0.183 e. The highest BCUT2D eigenvalue weighted by molar-refractivity contribution is 7.22. The van der Waals surface area contributed by atoms with Crippen LogP contribution in [0.5, 0.6) is 5.75 Å². The lowest BCUT2D eigenvalue weighted by molar-refractivity contribution is 0.341. The number of hydrogen-bond acceptors (Lipinski definition) is 5. The van der Waals surface area contributed by atoms with Crippen LogP contribution >= 0.6 is 11.3 Å². The fourth-order valence-electron chi connectivity index (χ4n) is 2.11. The van der Waals surface area contributed by atoms with Crippen LogP contribution in [0.25, 0.3) is 10.2 Å². The molecule has 0 amide bonds. The number of aryl methyl sites for hydroxylation is 1. The number of nitrogens with zero attached hydrogens (tertiary/aromatic N) is 3. The number of hydrogen-bond donors (Lipinski definition) is 1. The summed E-state index contributed by atoms with van der Waals surface area (Å²) < 4.78 is 8.60. The second-order valence-electron chi connectivity index (χ2n) is 4.63. The summed E-state index contributed by atoms with van der Waals surface area (Å²) in [4.78, 5) is 4.58. The highest BCUT2D eigenvalue weighted by Crippen LogP contribution is 2.29. The van der Waals surface area contributed by atoms with E-state index in [1.54, 1.807) is 17.5 Å². The summed E-state index contributed by atoms with van der Waals surface area (Å²) in [6.45, 7) is 4.48. The van der Waals surface area contributed by atoms with Gasteiger partial charge in [0.25, 0.3) is 0 Å². The third-order valence-electron chi connectivity index (χ3n) is 3.07. The van der Waals surface area contributed by atoms with Crippen LogP contribution in [0.4, 0.5) is 5.13 Å². The molecule has 0 aliphatic carbocycles. The van der Waals surface area contributed by atoms with Gasteiger partial charge in [-0.25, -0.2) is 4.98 Å². The third kappa shape index (κ3) is 3.52. The zero-order valence-corrected chi connectivity index (χ0v) is 12.8. The van der Waals surface area contributed by atoms with Gasteiger partial charge in [0.15, 0.2) is 5.13 Å². The molecular formula is C15H18N4OS. The zero-order chi connectivity index (χ0) is 14.5. The van der Waals surface area contributed by atoms with Crippen molar-refractivity contribution in [2.75, 3.05) is 18.5 Å². The lowest BCUT2D eigenvalue weighted by atomic mass is 10.3. The van der Waals surface area contributed by atoms with Gasteiger partial charge in [0.1, 0.15) is 5.75 Å². The molecule has 0 atom stereocenters. The van der Waals surface area contributed by atoms with E-state index >= 15 is 0 Å². The van der Waals surface area contributed by atoms with Gasteiger partial charge >= 0.3 is 0 Å². The monoisotopic (exact) mass is 302 g/mol. The van der Waals surface area contributed by atoms with Gasteiger partial charge in [0.05, 0.1) is 16.8 Å². The van der Waals surface area contributed by atoms with E-state index in [1.165, 1.54) is 0 Å². The van der Waals surface area contributed by atoms with Gasteiger partial charge in [0, 0.05) is 25.5 Å². The van der Waals surface area contributed by atoms with E-state index in [4.69, 9.17) is 4.74 Å². The van der Waals surface area contributed by atoms with Gasteiger partial charge in [-0.2, -0.15) is 5.10 Å². The van der Waals surface area contributed by atoms with E-state index in [0.717, 1.165) is 40.6 Å². The zero-order valence-electron chi connectivity index (χ0n) is 12.0. The number of fused-ring (bicyclic) bond motifs is 1. The molecule has 21 heavy (non-hydrogen) atoms. The molecule has 6 heteroatoms. The molecule has 3 rings (SSSR count). The maximum absolute atomic E-state index is 5.51. The normalized spacial score (nSPS) is 10.9. The summed E-state index contributed by atoms with van der Waals surface area (Å²) in [7, 11) is 0. The molecule has 0 radical (unpaired) electrons. The first-order valence-corrected chi connectivity index (χ1v) is 7.91. The number of ether oxygens (including phenoxy) is 1. The molecule has 2 heterocycles. The van der Waals surface area contributed by atoms with Crippen LogP contribution in [-0.4, -0.2) is 27.9 Å². The van der Waals surface area contributed by atoms with Gasteiger partial charge < -0.3 is 10.1 Å². The molecule has 0 aliphatic rings. The molecule has 1 aromatic carbocycles. The Balaban J connectivity index is 1.56. The number of nitrogens with one attached hydrogen (secondary N) is 1. The number of anilines is 1. The van der Waals surface area contributed by atoms with Gasteiger partial charge in [-0.15, -0.1) is 0 Å². The van der Waals surface area contributed by atoms with Crippen molar-refractivity contribution in [2.24, 2.45) is 0 Å². The van der Waals surface area contributed by atoms with Crippen molar-refractivity contribution in [1.82, 2.24) is 14.8 Å². The average molecular weight is 302 g/mol. The number of rotatable bonds is 7. The van der Waals surface area contributed by atoms with E-state index in [0.29, 0.717) is 6.61 Å². The summed E-state index contributed by atoms with van der Waals surface area (Å²) in [5, 5.41) is 8.52. The van der Waals surface area contributed by atoms with Crippen LogP contribution in [-0.2, 0) is 6.54 Å². The van der Waals surface area contributed by atoms with Gasteiger partial charge in [0.2, 0.25) is 0 Å². The number of aromatic nitrogens is 3. The van der Waals surface area contributed by atoms with Crippen molar-refractivity contribution in [3.05, 3.63) is 36.7 Å². The molecule has 0 aliphatic heterocycles. The number of benzene rings is 1. The lowest BCUT2D eigenvalue weighted by Gasteiger charge is -2.02. The highest BCUT2D eigenvalue weighted by atomic mass is 32.1. The van der Waals surface area contributed by atoms with Gasteiger partial charge in [-0.3, -0.25) is 4.68 Å². The molecule has 1 N–H and O–H groups in total. The van der Waals surface area contributed by atoms with E-state index < -0.39 is 0 Å². The fraction of sp³-hybridized carbons (Fsp3) is 0.333. The standard InChI is InChI=1S/C15H18N4OS/c1-2-20-12-5-6-13-14(11-12)21-15(18-13)16-7-3-9-19-10-4-8-17-19/h4-6,8,10-11H,2-3,7,9H2,1H3,(H,16,18). The van der Waals surface area contributed by atoms with E-state index in [2.05, 4.69) is 15.4 Å². The molecular weight excluding hydrogens is 284 g/mol. The quantitative estimate of drug-likeness (QED) is 0.680. The Hall–Kier alpha value is -2.08. The molecule has 3 aromatic rings. The summed E-state index contributed by atoms with van der Waals surface area (Å²) >= 11 is 1.66. The van der Waals surface area contributed by atoms with Crippen molar-refractivity contribution in [2.45, 2.75) is 19.9 Å². The lowest BCUT2D eigenvalue weighted by Crippen LogP contribution is -2.06. The molecule has 5 nitrogen and oxygen atoms in total. The summed E-state index contributed by atoms with van der Waals surface area (Å²) in [5.41, 5.74) is 1.01. The predicted molar refractivity (Wildman–Crippen MR) is 86.1 cm³/mol. The first-order chi connectivity index (χ1) is 10.3. The summed E-state index contributed by atoms with van der Waals surface area (Å²) in [6.07, 6.45) is 4.80. The van der Waals surface area contributed by atoms with E-state index in [9.17, 15) is 0 Å². The highest BCUT2D eigenvalue weighted by Gasteiger charge is 2.04. The maximum atomic E-state index is 5.51. The predicted octanol–water partition coefficient (Wildman–Crippen LogP) is 3.39. The second kappa shape index (κ2) is 6.58. The Morgan fingerprint density at radius 1 is 1.38 bits per heavy atom. The smallest absolute Gasteiger partial charge is 0.183 e. The van der Waals surface area contributed by atoms with Crippen molar-refractivity contribution in [1.29, 1.82) is 0 Å². The Kier molecular flexibility index (Phi) is 4.35. The number of thiazole rings is 1. The van der Waals surface area contributed by atoms with Crippen molar-refractivity contribution < 1.29 is 4.74 Å². The van der Waals surface area contributed by atoms with Crippen LogP contribution in [0, 0.1) is 0 Å². The Morgan fingerprint density at radius 3 is 3.14 bits per heavy atom. The minimum atomic E-state index is 0.683. The molecule has 0 spiro atoms. The Morgan fingerprint density at radius 2 is 2.33 bits per heavy atom. The minimum absolute atomic E-state index is 0.683. The molecule has 2 aromatic heterocycles. The SMILES string of the molecule is CCOc1ccc2nc(NCCCn3cccn3)sc2c1. The molecule has 0 unspecified atom stereocenters. The summed E-state index contributed by atoms with van der Waals surface area (Å²) in [5.74, 6) is 0.902. The van der Waals surface area contributed by atoms with Gasteiger partial charge in [-0.05, 0) is 37.6 Å².